The van der Waals surface area contributed by atoms with Crippen LogP contribution in [0.5, 0.6) is 5.75 Å². The van der Waals surface area contributed by atoms with Crippen molar-refractivity contribution in [3.8, 4) is 5.75 Å². The molecule has 1 fully saturated rings. The second kappa shape index (κ2) is 6.32. The fraction of sp³-hybridized carbons (Fsp3) is 0.526. The van der Waals surface area contributed by atoms with Crippen molar-refractivity contribution in [1.29, 1.82) is 0 Å². The van der Waals surface area contributed by atoms with Gasteiger partial charge in [-0.3, -0.25) is 14.4 Å². The number of halogens is 1. The Balaban J connectivity index is 2.00. The van der Waals surface area contributed by atoms with Gasteiger partial charge in [0.1, 0.15) is 11.7 Å². The van der Waals surface area contributed by atoms with Gasteiger partial charge in [0.2, 0.25) is 0 Å². The molecule has 2 aliphatic rings. The zero-order chi connectivity index (χ0) is 17.6. The van der Waals surface area contributed by atoms with Crippen LogP contribution in [0.15, 0.2) is 0 Å². The minimum Gasteiger partial charge on any atom is -0.491 e. The molecular weight excluding hydrogens is 328 g/mol. The third kappa shape index (κ3) is 2.57. The maximum absolute atomic E-state index is 12.4. The first kappa shape index (κ1) is 17.2. The summed E-state index contributed by atoms with van der Waals surface area (Å²) in [4.78, 5) is 36.7. The fourth-order valence-corrected chi connectivity index (χ4v) is 4.42. The SMILES string of the molecule is CCC(=O)C1C(=O)CC(c2c(C)c(C)c3c(c2Cl)OCC3)CC1=O. The Morgan fingerprint density at radius 2 is 1.79 bits per heavy atom. The van der Waals surface area contributed by atoms with Gasteiger partial charge in [0.05, 0.1) is 11.6 Å². The molecule has 0 amide bonds. The summed E-state index contributed by atoms with van der Waals surface area (Å²) >= 11 is 6.57. The number of fused-ring (bicyclic) bond motifs is 1. The van der Waals surface area contributed by atoms with Crippen LogP contribution in [0.25, 0.3) is 0 Å². The van der Waals surface area contributed by atoms with E-state index in [1.54, 1.807) is 6.92 Å². The molecule has 3 rings (SSSR count). The lowest BCUT2D eigenvalue weighted by molar-refractivity contribution is -0.142. The average Bonchev–Trinajstić information content (AvgIpc) is 3.02. The molecule has 0 saturated heterocycles. The normalized spacial score (nSPS) is 23.2. The highest BCUT2D eigenvalue weighted by molar-refractivity contribution is 6.33. The van der Waals surface area contributed by atoms with Crippen molar-refractivity contribution in [2.45, 2.75) is 52.4 Å². The second-order valence-electron chi connectivity index (χ2n) is 6.67. The summed E-state index contributed by atoms with van der Waals surface area (Å²) in [6.45, 7) is 6.29. The van der Waals surface area contributed by atoms with Crippen molar-refractivity contribution < 1.29 is 19.1 Å². The van der Waals surface area contributed by atoms with Gasteiger partial charge >= 0.3 is 0 Å². The number of Topliss-reactive ketones (excluding diaryl/α,β-unsaturated/α-hetero) is 3. The van der Waals surface area contributed by atoms with Gasteiger partial charge in [-0.25, -0.2) is 0 Å². The number of rotatable bonds is 3. The first-order chi connectivity index (χ1) is 11.4. The lowest BCUT2D eigenvalue weighted by Gasteiger charge is -2.28. The van der Waals surface area contributed by atoms with Crippen molar-refractivity contribution in [3.05, 3.63) is 27.3 Å². The van der Waals surface area contributed by atoms with Crippen LogP contribution in [0, 0.1) is 19.8 Å². The van der Waals surface area contributed by atoms with Gasteiger partial charge in [0.15, 0.2) is 17.3 Å². The molecule has 0 bridgehead atoms. The number of ether oxygens (including phenoxy) is 1. The monoisotopic (exact) mass is 348 g/mol. The van der Waals surface area contributed by atoms with Gasteiger partial charge in [0, 0.05) is 31.2 Å². The molecule has 4 nitrogen and oxygen atoms in total. The molecule has 0 spiro atoms. The molecule has 1 aliphatic carbocycles. The van der Waals surface area contributed by atoms with E-state index in [0.717, 1.165) is 28.7 Å². The van der Waals surface area contributed by atoms with Gasteiger partial charge in [-0.2, -0.15) is 0 Å². The van der Waals surface area contributed by atoms with Crippen LogP contribution >= 0.6 is 11.6 Å². The number of carbonyl (C=O) groups excluding carboxylic acids is 3. The Morgan fingerprint density at radius 1 is 1.17 bits per heavy atom. The maximum Gasteiger partial charge on any atom is 0.151 e. The van der Waals surface area contributed by atoms with Crippen LogP contribution in [0.2, 0.25) is 5.02 Å². The number of carbonyl (C=O) groups is 3. The van der Waals surface area contributed by atoms with Crippen molar-refractivity contribution in [1.82, 2.24) is 0 Å². The quantitative estimate of drug-likeness (QED) is 0.784. The van der Waals surface area contributed by atoms with Gasteiger partial charge in [-0.15, -0.1) is 0 Å². The van der Waals surface area contributed by atoms with Crippen molar-refractivity contribution >= 4 is 29.0 Å². The predicted octanol–water partition coefficient (Wildman–Crippen LogP) is 3.50. The Hall–Kier alpha value is -1.68. The van der Waals surface area contributed by atoms with Crippen LogP contribution in [0.1, 0.15) is 54.4 Å². The summed E-state index contributed by atoms with van der Waals surface area (Å²) < 4.78 is 5.67. The molecule has 0 aromatic heterocycles. The Morgan fingerprint density at radius 3 is 2.38 bits per heavy atom. The molecule has 0 N–H and O–H groups in total. The zero-order valence-electron chi connectivity index (χ0n) is 14.2. The molecule has 0 atom stereocenters. The fourth-order valence-electron chi connectivity index (χ4n) is 3.95. The average molecular weight is 349 g/mol. The number of hydrogen-bond acceptors (Lipinski definition) is 4. The topological polar surface area (TPSA) is 60.4 Å². The molecule has 1 aliphatic heterocycles. The first-order valence-corrected chi connectivity index (χ1v) is 8.76. The molecule has 0 unspecified atom stereocenters. The third-order valence-corrected chi connectivity index (χ3v) is 5.72. The highest BCUT2D eigenvalue weighted by atomic mass is 35.5. The van der Waals surface area contributed by atoms with E-state index in [-0.39, 0.29) is 42.5 Å². The molecule has 24 heavy (non-hydrogen) atoms. The van der Waals surface area contributed by atoms with Crippen LogP contribution in [0.3, 0.4) is 0 Å². The molecule has 5 heteroatoms. The minimum atomic E-state index is -1.07. The number of ketones is 3. The van der Waals surface area contributed by atoms with Crippen LogP contribution in [-0.2, 0) is 20.8 Å². The molecule has 1 saturated carbocycles. The summed E-state index contributed by atoms with van der Waals surface area (Å²) in [5.41, 5.74) is 4.09. The molecule has 1 aromatic rings. The molecule has 1 heterocycles. The molecule has 0 radical (unpaired) electrons. The molecule has 128 valence electrons. The Bertz CT molecular complexity index is 732. The van der Waals surface area contributed by atoms with E-state index in [1.165, 1.54) is 0 Å². The predicted molar refractivity (Wildman–Crippen MR) is 90.9 cm³/mol. The summed E-state index contributed by atoms with van der Waals surface area (Å²) in [7, 11) is 0. The standard InChI is InChI=1S/C19H21ClO4/c1-4-13(21)17-14(22)7-11(8-15(17)23)16-10(3)9(2)12-5-6-24-19(12)18(16)20/h11,17H,4-8H2,1-3H3. The van der Waals surface area contributed by atoms with E-state index in [9.17, 15) is 14.4 Å². The Kier molecular flexibility index (Phi) is 4.52. The summed E-state index contributed by atoms with van der Waals surface area (Å²) in [6.07, 6.45) is 1.40. The van der Waals surface area contributed by atoms with Crippen LogP contribution in [0.4, 0.5) is 0 Å². The highest BCUT2D eigenvalue weighted by Crippen LogP contribution is 2.46. The number of benzene rings is 1. The molecular formula is C19H21ClO4. The van der Waals surface area contributed by atoms with Crippen LogP contribution in [-0.4, -0.2) is 24.0 Å². The highest BCUT2D eigenvalue weighted by Gasteiger charge is 2.41. The van der Waals surface area contributed by atoms with E-state index in [0.29, 0.717) is 17.4 Å². The zero-order valence-corrected chi connectivity index (χ0v) is 15.0. The van der Waals surface area contributed by atoms with Crippen molar-refractivity contribution in [2.24, 2.45) is 5.92 Å². The lowest BCUT2D eigenvalue weighted by Crippen LogP contribution is -2.38. The van der Waals surface area contributed by atoms with E-state index in [4.69, 9.17) is 16.3 Å². The lowest BCUT2D eigenvalue weighted by atomic mass is 9.73. The van der Waals surface area contributed by atoms with E-state index in [1.807, 2.05) is 13.8 Å². The minimum absolute atomic E-state index is 0.181. The van der Waals surface area contributed by atoms with E-state index >= 15 is 0 Å². The van der Waals surface area contributed by atoms with Crippen molar-refractivity contribution in [2.75, 3.05) is 6.61 Å². The number of hydrogen-bond donors (Lipinski definition) is 0. The van der Waals surface area contributed by atoms with Gasteiger partial charge in [-0.1, -0.05) is 18.5 Å². The van der Waals surface area contributed by atoms with Gasteiger partial charge in [0.25, 0.3) is 0 Å². The largest absolute Gasteiger partial charge is 0.491 e. The molecule has 1 aromatic carbocycles. The van der Waals surface area contributed by atoms with Crippen molar-refractivity contribution in [3.63, 3.8) is 0 Å². The van der Waals surface area contributed by atoms with E-state index < -0.39 is 5.92 Å². The first-order valence-electron chi connectivity index (χ1n) is 8.39. The second-order valence-corrected chi connectivity index (χ2v) is 7.05. The smallest absolute Gasteiger partial charge is 0.151 e. The van der Waals surface area contributed by atoms with Gasteiger partial charge in [-0.05, 0) is 36.5 Å². The van der Waals surface area contributed by atoms with E-state index in [2.05, 4.69) is 0 Å². The Labute approximate surface area is 146 Å². The third-order valence-electron chi connectivity index (χ3n) is 5.35. The van der Waals surface area contributed by atoms with Crippen LogP contribution < -0.4 is 4.74 Å². The maximum atomic E-state index is 12.4. The summed E-state index contributed by atoms with van der Waals surface area (Å²) in [5, 5.41) is 0.525. The summed E-state index contributed by atoms with van der Waals surface area (Å²) in [6, 6.07) is 0. The summed E-state index contributed by atoms with van der Waals surface area (Å²) in [5.74, 6) is -1.49. The van der Waals surface area contributed by atoms with Gasteiger partial charge < -0.3 is 4.74 Å².